The molecule has 78 valence electrons. The molecule has 0 bridgehead atoms. The van der Waals surface area contributed by atoms with Gasteiger partial charge in [-0.3, -0.25) is 0 Å². The molecule has 0 amide bonds. The molecular weight excluding hydrogens is 200 g/mol. The zero-order valence-corrected chi connectivity index (χ0v) is 10.1. The van der Waals surface area contributed by atoms with E-state index in [2.05, 4.69) is 44.2 Å². The largest absolute Gasteiger partial charge is 0.0881 e. The Balaban J connectivity index is 2.82. The van der Waals surface area contributed by atoms with Crippen molar-refractivity contribution in [3.05, 3.63) is 53.6 Å². The summed E-state index contributed by atoms with van der Waals surface area (Å²) in [5.74, 6) is 0. The first-order valence-electron chi connectivity index (χ1n) is 5.17. The van der Waals surface area contributed by atoms with Crippen LogP contribution in [0, 0.1) is 0 Å². The number of thiocarbonyl (C=S) groups is 1. The lowest BCUT2D eigenvalue weighted by atomic mass is 10.1. The maximum atomic E-state index is 4.86. The molecule has 0 saturated carbocycles. The van der Waals surface area contributed by atoms with Crippen LogP contribution in [-0.2, 0) is 0 Å². The van der Waals surface area contributed by atoms with Gasteiger partial charge < -0.3 is 0 Å². The molecule has 0 spiro atoms. The van der Waals surface area contributed by atoms with Crippen LogP contribution in [0.2, 0.25) is 0 Å². The Morgan fingerprint density at radius 3 is 2.47 bits per heavy atom. The summed E-state index contributed by atoms with van der Waals surface area (Å²) < 4.78 is 0. The second-order valence-corrected chi connectivity index (χ2v) is 3.66. The molecule has 0 aliphatic carbocycles. The molecule has 15 heavy (non-hydrogen) atoms. The van der Waals surface area contributed by atoms with Crippen molar-refractivity contribution in [1.82, 2.24) is 0 Å². The summed E-state index contributed by atoms with van der Waals surface area (Å²) in [6.45, 7) is 4.25. The van der Waals surface area contributed by atoms with Gasteiger partial charge in [0.2, 0.25) is 0 Å². The zero-order valence-electron chi connectivity index (χ0n) is 9.23. The number of allylic oxidation sites excluding steroid dienone is 4. The van der Waals surface area contributed by atoms with Crippen LogP contribution < -0.4 is 0 Å². The van der Waals surface area contributed by atoms with E-state index in [9.17, 15) is 0 Å². The minimum atomic E-state index is 1.08. The molecule has 0 unspecified atom stereocenters. The van der Waals surface area contributed by atoms with E-state index in [1.54, 1.807) is 5.37 Å². The third-order valence-corrected chi connectivity index (χ3v) is 2.49. The fraction of sp³-hybridized carbons (Fsp3) is 0.214. The lowest BCUT2D eigenvalue weighted by Crippen LogP contribution is -1.81. The van der Waals surface area contributed by atoms with Gasteiger partial charge >= 0.3 is 0 Å². The average Bonchev–Trinajstić information content (AvgIpc) is 2.29. The molecule has 1 aromatic carbocycles. The van der Waals surface area contributed by atoms with Crippen LogP contribution in [0.5, 0.6) is 0 Å². The second kappa shape index (κ2) is 6.31. The van der Waals surface area contributed by atoms with Gasteiger partial charge in [-0.05, 0) is 30.0 Å². The standard InChI is InChI=1S/C14H16S/c1-3-4-5-6-12(2)14-9-7-13(11-15)8-10-14/h4-11H,3H2,1-2H3/b5-4-,12-6+. The highest BCUT2D eigenvalue weighted by molar-refractivity contribution is 7.79. The van der Waals surface area contributed by atoms with Crippen molar-refractivity contribution >= 4 is 23.2 Å². The highest BCUT2D eigenvalue weighted by atomic mass is 32.1. The summed E-state index contributed by atoms with van der Waals surface area (Å²) in [5, 5.41) is 1.69. The maximum Gasteiger partial charge on any atom is 0.00861 e. The first kappa shape index (κ1) is 11.9. The number of hydrogen-bond donors (Lipinski definition) is 0. The van der Waals surface area contributed by atoms with Gasteiger partial charge in [0.15, 0.2) is 0 Å². The quantitative estimate of drug-likeness (QED) is 0.531. The van der Waals surface area contributed by atoms with E-state index in [-0.39, 0.29) is 0 Å². The predicted molar refractivity (Wildman–Crippen MR) is 72.3 cm³/mol. The molecule has 0 atom stereocenters. The lowest BCUT2D eigenvalue weighted by Gasteiger charge is -2.00. The Hall–Kier alpha value is -1.21. The molecule has 1 rings (SSSR count). The summed E-state index contributed by atoms with van der Waals surface area (Å²) in [7, 11) is 0. The van der Waals surface area contributed by atoms with Gasteiger partial charge in [0, 0.05) is 5.37 Å². The summed E-state index contributed by atoms with van der Waals surface area (Å²) >= 11 is 4.86. The summed E-state index contributed by atoms with van der Waals surface area (Å²) in [6.07, 6.45) is 7.46. The first-order valence-corrected chi connectivity index (χ1v) is 5.64. The van der Waals surface area contributed by atoms with Crippen molar-refractivity contribution < 1.29 is 0 Å². The number of rotatable bonds is 4. The van der Waals surface area contributed by atoms with Crippen LogP contribution in [0.25, 0.3) is 5.57 Å². The van der Waals surface area contributed by atoms with Gasteiger partial charge in [-0.15, -0.1) is 0 Å². The Bertz CT molecular complexity index is 369. The highest BCUT2D eigenvalue weighted by Crippen LogP contribution is 2.14. The fourth-order valence-electron chi connectivity index (χ4n) is 1.27. The van der Waals surface area contributed by atoms with Crippen LogP contribution in [0.1, 0.15) is 31.4 Å². The number of benzene rings is 1. The SMILES string of the molecule is CC/C=C\C=C(/C)c1ccc(C=S)cc1. The number of hydrogen-bond acceptors (Lipinski definition) is 1. The molecule has 0 radical (unpaired) electrons. The lowest BCUT2D eigenvalue weighted by molar-refractivity contribution is 1.22. The van der Waals surface area contributed by atoms with E-state index in [4.69, 9.17) is 12.2 Å². The van der Waals surface area contributed by atoms with Gasteiger partial charge in [0.1, 0.15) is 0 Å². The van der Waals surface area contributed by atoms with Gasteiger partial charge in [0.05, 0.1) is 0 Å². The van der Waals surface area contributed by atoms with Crippen molar-refractivity contribution in [2.75, 3.05) is 0 Å². The van der Waals surface area contributed by atoms with E-state index in [0.717, 1.165) is 12.0 Å². The smallest absolute Gasteiger partial charge is 0.00861 e. The minimum absolute atomic E-state index is 1.08. The van der Waals surface area contributed by atoms with Crippen molar-refractivity contribution in [2.24, 2.45) is 0 Å². The fourth-order valence-corrected chi connectivity index (χ4v) is 1.43. The maximum absolute atomic E-state index is 4.86. The van der Waals surface area contributed by atoms with Gasteiger partial charge in [-0.2, -0.15) is 0 Å². The summed E-state index contributed by atoms with van der Waals surface area (Å²) in [4.78, 5) is 0. The van der Waals surface area contributed by atoms with Crippen LogP contribution >= 0.6 is 12.2 Å². The van der Waals surface area contributed by atoms with Crippen molar-refractivity contribution in [3.63, 3.8) is 0 Å². The molecule has 0 saturated heterocycles. The van der Waals surface area contributed by atoms with Crippen LogP contribution in [0.4, 0.5) is 0 Å². The molecule has 0 aliphatic heterocycles. The Morgan fingerprint density at radius 2 is 1.93 bits per heavy atom. The van der Waals surface area contributed by atoms with E-state index in [1.807, 2.05) is 12.1 Å². The third kappa shape index (κ3) is 3.80. The van der Waals surface area contributed by atoms with E-state index >= 15 is 0 Å². The molecule has 0 fully saturated rings. The zero-order chi connectivity index (χ0) is 11.1. The molecule has 0 heterocycles. The third-order valence-electron chi connectivity index (χ3n) is 2.22. The van der Waals surface area contributed by atoms with Gasteiger partial charge in [-0.1, -0.05) is 61.6 Å². The van der Waals surface area contributed by atoms with Crippen LogP contribution in [0.15, 0.2) is 42.5 Å². The molecular formula is C14H16S. The highest BCUT2D eigenvalue weighted by Gasteiger charge is 1.93. The Labute approximate surface area is 97.3 Å². The van der Waals surface area contributed by atoms with Crippen molar-refractivity contribution in [3.8, 4) is 0 Å². The summed E-state index contributed by atoms with van der Waals surface area (Å²) in [6, 6.07) is 8.29. The van der Waals surface area contributed by atoms with E-state index in [0.29, 0.717) is 0 Å². The van der Waals surface area contributed by atoms with Gasteiger partial charge in [0.25, 0.3) is 0 Å². The molecule has 0 aliphatic rings. The van der Waals surface area contributed by atoms with Gasteiger partial charge in [-0.25, -0.2) is 0 Å². The van der Waals surface area contributed by atoms with Crippen molar-refractivity contribution in [2.45, 2.75) is 20.3 Å². The topological polar surface area (TPSA) is 0 Å². The molecule has 0 nitrogen and oxygen atoms in total. The van der Waals surface area contributed by atoms with Crippen molar-refractivity contribution in [1.29, 1.82) is 0 Å². The molecule has 1 aromatic rings. The monoisotopic (exact) mass is 216 g/mol. The van der Waals surface area contributed by atoms with Crippen LogP contribution in [0.3, 0.4) is 0 Å². The normalized spacial score (nSPS) is 12.0. The first-order chi connectivity index (χ1) is 7.27. The van der Waals surface area contributed by atoms with E-state index < -0.39 is 0 Å². The van der Waals surface area contributed by atoms with E-state index in [1.165, 1.54) is 11.1 Å². The molecule has 0 aromatic heterocycles. The predicted octanol–water partition coefficient (Wildman–Crippen LogP) is 4.40. The molecule has 1 heteroatoms. The minimum Gasteiger partial charge on any atom is -0.0881 e. The Morgan fingerprint density at radius 1 is 1.27 bits per heavy atom. The molecule has 0 N–H and O–H groups in total. The summed E-state index contributed by atoms with van der Waals surface area (Å²) in [5.41, 5.74) is 3.61. The Kier molecular flexibility index (Phi) is 4.99. The second-order valence-electron chi connectivity index (χ2n) is 3.43. The van der Waals surface area contributed by atoms with Crippen LogP contribution in [-0.4, -0.2) is 5.37 Å². The average molecular weight is 216 g/mol.